The molecular formula is C40H46F2N10O5. The third kappa shape index (κ3) is 7.75. The normalized spacial score (nSPS) is 20.7. The number of amides is 5. The predicted molar refractivity (Wildman–Crippen MR) is 210 cm³/mol. The lowest BCUT2D eigenvalue weighted by atomic mass is 9.91. The minimum atomic E-state index is -2.75. The van der Waals surface area contributed by atoms with E-state index < -0.39 is 36.1 Å². The molecule has 0 aliphatic carbocycles. The van der Waals surface area contributed by atoms with Gasteiger partial charge in [-0.1, -0.05) is 6.07 Å². The minimum absolute atomic E-state index is 0.0152. The number of allylic oxidation sites excluding steroid dienone is 1. The highest BCUT2D eigenvalue weighted by Gasteiger charge is 2.45. The number of amidine groups is 1. The molecule has 7 rings (SSSR count). The number of halogens is 2. The van der Waals surface area contributed by atoms with Gasteiger partial charge in [0.2, 0.25) is 17.7 Å². The lowest BCUT2D eigenvalue weighted by molar-refractivity contribution is -0.136. The van der Waals surface area contributed by atoms with Crippen molar-refractivity contribution in [2.24, 2.45) is 10.7 Å². The van der Waals surface area contributed by atoms with Gasteiger partial charge >= 0.3 is 0 Å². The zero-order valence-electron chi connectivity index (χ0n) is 31.6. The Morgan fingerprint density at radius 1 is 1.07 bits per heavy atom. The summed E-state index contributed by atoms with van der Waals surface area (Å²) in [5.41, 5.74) is 10.1. The first-order chi connectivity index (χ1) is 27.5. The van der Waals surface area contributed by atoms with Gasteiger partial charge in [-0.3, -0.25) is 44.6 Å². The van der Waals surface area contributed by atoms with Crippen molar-refractivity contribution in [1.29, 1.82) is 5.41 Å². The van der Waals surface area contributed by atoms with E-state index in [2.05, 4.69) is 26.3 Å². The topological polar surface area (TPSA) is 205 Å². The first-order valence-electron chi connectivity index (χ1n) is 19.2. The molecule has 5 aliphatic rings. The van der Waals surface area contributed by atoms with E-state index in [0.29, 0.717) is 80.9 Å². The van der Waals surface area contributed by atoms with Crippen molar-refractivity contribution >= 4 is 58.5 Å². The number of rotatable bonds is 10. The third-order valence-electron chi connectivity index (χ3n) is 11.3. The molecule has 2 aromatic carbocycles. The van der Waals surface area contributed by atoms with Gasteiger partial charge in [-0.15, -0.1) is 0 Å². The maximum absolute atomic E-state index is 14.4. The Morgan fingerprint density at radius 3 is 2.58 bits per heavy atom. The maximum atomic E-state index is 14.4. The van der Waals surface area contributed by atoms with E-state index in [1.807, 2.05) is 4.90 Å². The van der Waals surface area contributed by atoms with Gasteiger partial charge < -0.3 is 31.5 Å². The van der Waals surface area contributed by atoms with E-state index in [9.17, 15) is 38.2 Å². The number of nitrogens with two attached hydrogens (primary N) is 1. The van der Waals surface area contributed by atoms with Crippen LogP contribution in [0.15, 0.2) is 52.8 Å². The van der Waals surface area contributed by atoms with Crippen LogP contribution in [-0.4, -0.2) is 110 Å². The van der Waals surface area contributed by atoms with Gasteiger partial charge in [0.1, 0.15) is 11.9 Å². The van der Waals surface area contributed by atoms with Gasteiger partial charge in [0.05, 0.1) is 17.7 Å². The molecule has 1 atom stereocenters. The zero-order valence-corrected chi connectivity index (χ0v) is 31.6. The van der Waals surface area contributed by atoms with Crippen LogP contribution in [0, 0.1) is 5.41 Å². The fourth-order valence-electron chi connectivity index (χ4n) is 8.35. The highest BCUT2D eigenvalue weighted by molar-refractivity contribution is 6.25. The predicted octanol–water partition coefficient (Wildman–Crippen LogP) is 2.70. The maximum Gasteiger partial charge on any atom is 0.264 e. The Hall–Kier alpha value is -5.97. The number of nitrogens with one attached hydrogen (secondary N) is 5. The summed E-state index contributed by atoms with van der Waals surface area (Å²) in [4.78, 5) is 72.6. The van der Waals surface area contributed by atoms with Crippen LogP contribution in [0.1, 0.15) is 82.4 Å². The molecule has 0 spiro atoms. The largest absolute Gasteiger partial charge is 0.404 e. The molecule has 17 heteroatoms. The monoisotopic (exact) mass is 784 g/mol. The van der Waals surface area contributed by atoms with Crippen molar-refractivity contribution in [2.75, 3.05) is 56.5 Å². The minimum Gasteiger partial charge on any atom is -0.404 e. The lowest BCUT2D eigenvalue weighted by Gasteiger charge is -2.37. The summed E-state index contributed by atoms with van der Waals surface area (Å²) in [5.74, 6) is -2.34. The Kier molecular flexibility index (Phi) is 11.5. The molecule has 0 bridgehead atoms. The molecule has 0 aromatic heterocycles. The third-order valence-corrected chi connectivity index (χ3v) is 11.3. The van der Waals surface area contributed by atoms with Gasteiger partial charge in [-0.05, 0) is 67.5 Å². The molecule has 2 fully saturated rings. The Labute approximate surface area is 328 Å². The van der Waals surface area contributed by atoms with E-state index in [-0.39, 0.29) is 53.9 Å². The number of hydrogen-bond acceptors (Lipinski definition) is 11. The number of hydrogen-bond donors (Lipinski definition) is 6. The van der Waals surface area contributed by atoms with E-state index >= 15 is 0 Å². The van der Waals surface area contributed by atoms with E-state index in [1.165, 1.54) is 24.5 Å². The number of carbonyl (C=O) groups excluding carboxylic acids is 5. The molecular weight excluding hydrogens is 739 g/mol. The molecule has 0 saturated carbocycles. The van der Waals surface area contributed by atoms with Crippen molar-refractivity contribution in [2.45, 2.75) is 63.5 Å². The Bertz CT molecular complexity index is 2110. The van der Waals surface area contributed by atoms with Crippen LogP contribution in [0.5, 0.6) is 0 Å². The SMILES string of the molecule is CN=C/C(=C\N)c1cc2c(cc1C(F)F)N(C(=N)C1=C(NC3CCN(C(=O)CNc4cccc5c4C(=O)N(C4CCC(=O)NC4=O)C5=O)CC3)CCNC1)CCC2. The number of carbonyl (C=O) groups is 5. The summed E-state index contributed by atoms with van der Waals surface area (Å²) < 4.78 is 28.8. The summed E-state index contributed by atoms with van der Waals surface area (Å²) in [5, 5.41) is 21.6. The van der Waals surface area contributed by atoms with Gasteiger partial charge in [0.15, 0.2) is 0 Å². The number of anilines is 2. The van der Waals surface area contributed by atoms with E-state index in [4.69, 9.17) is 5.73 Å². The molecule has 300 valence electrons. The second kappa shape index (κ2) is 16.6. The number of imide groups is 2. The molecule has 5 heterocycles. The molecule has 7 N–H and O–H groups in total. The number of nitrogens with zero attached hydrogens (tertiary/aromatic N) is 4. The number of benzene rings is 2. The number of aryl methyl sites for hydroxylation is 1. The van der Waals surface area contributed by atoms with Crippen LogP contribution in [0.25, 0.3) is 5.57 Å². The first kappa shape index (κ1) is 39.3. The smallest absolute Gasteiger partial charge is 0.264 e. The van der Waals surface area contributed by atoms with Gasteiger partial charge in [0.25, 0.3) is 18.2 Å². The average Bonchev–Trinajstić information content (AvgIpc) is 3.47. The number of aliphatic imine (C=N–C) groups is 1. The van der Waals surface area contributed by atoms with Crippen LogP contribution < -0.4 is 31.9 Å². The number of piperidine rings is 2. The second-order valence-corrected chi connectivity index (χ2v) is 14.7. The van der Waals surface area contributed by atoms with Gasteiger partial charge in [-0.2, -0.15) is 0 Å². The molecule has 0 radical (unpaired) electrons. The lowest BCUT2D eigenvalue weighted by Crippen LogP contribution is -2.54. The molecule has 1 unspecified atom stereocenters. The fraction of sp³-hybridized carbons (Fsp3) is 0.425. The van der Waals surface area contributed by atoms with Crippen LogP contribution in [-0.2, 0) is 20.8 Å². The van der Waals surface area contributed by atoms with E-state index in [1.54, 1.807) is 30.1 Å². The number of fused-ring (bicyclic) bond motifs is 2. The highest BCUT2D eigenvalue weighted by Crippen LogP contribution is 2.38. The zero-order chi connectivity index (χ0) is 40.4. The molecule has 15 nitrogen and oxygen atoms in total. The standard InChI is InChI=1S/C40H46F2N10O5/c1-45-19-23(18-43)26-16-22-4-3-13-51(32(22)17-27(26)36(41)42)37(44)28-20-46-12-9-29(28)48-24-10-14-50(15-11-24)34(54)21-47-30-6-2-5-25-35(30)40(57)52(39(25)56)31-7-8-33(53)49-38(31)55/h2,5-6,16-19,24,31,36,44,46-48H,3-4,7-15,20-21,43H2,1H3,(H,49,53,55)/b23-18+,44-37?,45-19?. The van der Waals surface area contributed by atoms with Crippen molar-refractivity contribution in [3.63, 3.8) is 0 Å². The Morgan fingerprint density at radius 2 is 1.86 bits per heavy atom. The molecule has 57 heavy (non-hydrogen) atoms. The quantitative estimate of drug-likeness (QED) is 0.118. The average molecular weight is 785 g/mol. The second-order valence-electron chi connectivity index (χ2n) is 14.7. The van der Waals surface area contributed by atoms with Gasteiger partial charge in [-0.25, -0.2) is 8.78 Å². The summed E-state index contributed by atoms with van der Waals surface area (Å²) in [7, 11) is 1.56. The highest BCUT2D eigenvalue weighted by atomic mass is 19.3. The number of likely N-dealkylation sites (tertiary alicyclic amines) is 1. The van der Waals surface area contributed by atoms with Crippen LogP contribution in [0.4, 0.5) is 20.2 Å². The van der Waals surface area contributed by atoms with Crippen molar-refractivity contribution < 1.29 is 32.8 Å². The van der Waals surface area contributed by atoms with Crippen molar-refractivity contribution in [3.8, 4) is 0 Å². The van der Waals surface area contributed by atoms with Crippen LogP contribution in [0.3, 0.4) is 0 Å². The molecule has 5 amide bonds. The number of alkyl halides is 2. The fourth-order valence-corrected chi connectivity index (χ4v) is 8.35. The Balaban J connectivity index is 0.988. The van der Waals surface area contributed by atoms with E-state index in [0.717, 1.165) is 28.2 Å². The van der Waals surface area contributed by atoms with Crippen molar-refractivity contribution in [1.82, 2.24) is 25.8 Å². The molecule has 2 saturated heterocycles. The van der Waals surface area contributed by atoms with Gasteiger partial charge in [0, 0.05) is 105 Å². The molecule has 5 aliphatic heterocycles. The molecule has 2 aromatic rings. The summed E-state index contributed by atoms with van der Waals surface area (Å²) in [6.45, 7) is 2.52. The summed E-state index contributed by atoms with van der Waals surface area (Å²) in [6, 6.07) is 6.90. The van der Waals surface area contributed by atoms with Crippen LogP contribution in [0.2, 0.25) is 0 Å². The van der Waals surface area contributed by atoms with Crippen molar-refractivity contribution in [3.05, 3.63) is 75.6 Å². The summed E-state index contributed by atoms with van der Waals surface area (Å²) >= 11 is 0. The first-order valence-corrected chi connectivity index (χ1v) is 19.2. The van der Waals surface area contributed by atoms with Crippen LogP contribution >= 0.6 is 0 Å². The summed E-state index contributed by atoms with van der Waals surface area (Å²) in [6.07, 6.45) is 3.45.